The van der Waals surface area contributed by atoms with Crippen molar-refractivity contribution in [3.63, 3.8) is 0 Å². The highest BCUT2D eigenvalue weighted by Crippen LogP contribution is 2.31. The summed E-state index contributed by atoms with van der Waals surface area (Å²) in [6.07, 6.45) is 0. The average molecular weight is 361 g/mol. The lowest BCUT2D eigenvalue weighted by Gasteiger charge is -2.33. The minimum atomic E-state index is 0. The normalized spacial score (nSPS) is 14.8. The zero-order valence-electron chi connectivity index (χ0n) is 14.9. The van der Waals surface area contributed by atoms with Crippen LogP contribution in [-0.2, 0) is 4.79 Å². The lowest BCUT2D eigenvalue weighted by molar-refractivity contribution is -0.137. The van der Waals surface area contributed by atoms with Gasteiger partial charge >= 0.3 is 0 Å². The summed E-state index contributed by atoms with van der Waals surface area (Å²) in [5, 5.41) is 3.15. The Morgan fingerprint density at radius 1 is 1.16 bits per heavy atom. The minimum absolute atomic E-state index is 0. The summed E-state index contributed by atoms with van der Waals surface area (Å²) in [5.41, 5.74) is 3.32. The van der Waals surface area contributed by atoms with Gasteiger partial charge in [-0.25, -0.2) is 0 Å². The van der Waals surface area contributed by atoms with Gasteiger partial charge in [-0.05, 0) is 24.1 Å². The summed E-state index contributed by atoms with van der Waals surface area (Å²) in [4.78, 5) is 14.2. The summed E-state index contributed by atoms with van der Waals surface area (Å²) < 4.78 is 5.43. The molecule has 1 aliphatic heterocycles. The zero-order chi connectivity index (χ0) is 17.1. The number of hydrogen-bond donors (Lipinski definition) is 1. The number of carbonyl (C=O) groups is 1. The Morgan fingerprint density at radius 2 is 1.80 bits per heavy atom. The van der Waals surface area contributed by atoms with E-state index in [9.17, 15) is 4.79 Å². The third kappa shape index (κ3) is 3.97. The summed E-state index contributed by atoms with van der Waals surface area (Å²) in [5.74, 6) is 1.21. The molecule has 2 aromatic carbocycles. The number of benzene rings is 2. The number of carbonyl (C=O) groups excluding carboxylic acids is 1. The number of methoxy groups -OCH3 is 1. The first-order valence-corrected chi connectivity index (χ1v) is 8.32. The summed E-state index contributed by atoms with van der Waals surface area (Å²) >= 11 is 0. The number of amides is 1. The van der Waals surface area contributed by atoms with Crippen molar-refractivity contribution >= 4 is 18.3 Å². The molecule has 1 unspecified atom stereocenters. The quantitative estimate of drug-likeness (QED) is 0.887. The Labute approximate surface area is 155 Å². The molecule has 0 saturated carbocycles. The van der Waals surface area contributed by atoms with Gasteiger partial charge in [0.05, 0.1) is 19.1 Å². The van der Waals surface area contributed by atoms with Crippen LogP contribution in [0.3, 0.4) is 0 Å². The number of hydrogen-bond acceptors (Lipinski definition) is 3. The SMILES string of the molecule is COc1ccccc1-c1ccc(C(C)N(C)C(=O)C2CNC2)cc1.Cl. The molecule has 1 aliphatic rings. The molecule has 0 radical (unpaired) electrons. The van der Waals surface area contributed by atoms with Crippen molar-refractivity contribution in [3.05, 3.63) is 54.1 Å². The van der Waals surface area contributed by atoms with Crippen LogP contribution in [0.5, 0.6) is 5.75 Å². The van der Waals surface area contributed by atoms with Gasteiger partial charge in [-0.2, -0.15) is 0 Å². The van der Waals surface area contributed by atoms with E-state index in [2.05, 4.69) is 42.6 Å². The van der Waals surface area contributed by atoms with E-state index < -0.39 is 0 Å². The number of para-hydroxylation sites is 1. The van der Waals surface area contributed by atoms with Crippen LogP contribution in [0, 0.1) is 5.92 Å². The van der Waals surface area contributed by atoms with Gasteiger partial charge in [0.25, 0.3) is 0 Å². The minimum Gasteiger partial charge on any atom is -0.496 e. The average Bonchev–Trinajstić information content (AvgIpc) is 2.59. The fraction of sp³-hybridized carbons (Fsp3) is 0.350. The predicted molar refractivity (Wildman–Crippen MR) is 103 cm³/mol. The third-order valence-corrected chi connectivity index (χ3v) is 4.87. The molecule has 0 aliphatic carbocycles. The maximum atomic E-state index is 12.4. The third-order valence-electron chi connectivity index (χ3n) is 4.87. The lowest BCUT2D eigenvalue weighted by atomic mass is 9.98. The maximum absolute atomic E-state index is 12.4. The first-order chi connectivity index (χ1) is 11.6. The van der Waals surface area contributed by atoms with Crippen LogP contribution in [0.4, 0.5) is 0 Å². The van der Waals surface area contributed by atoms with Crippen molar-refractivity contribution < 1.29 is 9.53 Å². The van der Waals surface area contributed by atoms with E-state index in [1.54, 1.807) is 7.11 Å². The summed E-state index contributed by atoms with van der Waals surface area (Å²) in [7, 11) is 3.57. The molecular formula is C20H25ClN2O2. The van der Waals surface area contributed by atoms with Gasteiger partial charge in [0.15, 0.2) is 0 Å². The van der Waals surface area contributed by atoms with Gasteiger partial charge in [0.2, 0.25) is 5.91 Å². The molecule has 134 valence electrons. The van der Waals surface area contributed by atoms with Gasteiger partial charge in [-0.15, -0.1) is 12.4 Å². The van der Waals surface area contributed by atoms with Crippen molar-refractivity contribution in [1.29, 1.82) is 0 Å². The van der Waals surface area contributed by atoms with E-state index >= 15 is 0 Å². The van der Waals surface area contributed by atoms with E-state index in [0.717, 1.165) is 35.5 Å². The molecule has 4 nitrogen and oxygen atoms in total. The second-order valence-corrected chi connectivity index (χ2v) is 6.30. The molecule has 0 aromatic heterocycles. The zero-order valence-corrected chi connectivity index (χ0v) is 15.7. The second kappa shape index (κ2) is 8.37. The predicted octanol–water partition coefficient (Wildman–Crippen LogP) is 3.52. The number of ether oxygens (including phenoxy) is 1. The van der Waals surface area contributed by atoms with Crippen molar-refractivity contribution in [3.8, 4) is 16.9 Å². The van der Waals surface area contributed by atoms with Crippen LogP contribution < -0.4 is 10.1 Å². The van der Waals surface area contributed by atoms with Crippen LogP contribution in [0.1, 0.15) is 18.5 Å². The highest BCUT2D eigenvalue weighted by molar-refractivity contribution is 5.85. The van der Waals surface area contributed by atoms with Gasteiger partial charge in [-0.1, -0.05) is 42.5 Å². The number of halogens is 1. The molecule has 0 spiro atoms. The van der Waals surface area contributed by atoms with Gasteiger partial charge in [0.1, 0.15) is 5.75 Å². The molecule has 3 rings (SSSR count). The van der Waals surface area contributed by atoms with E-state index in [-0.39, 0.29) is 30.3 Å². The Morgan fingerprint density at radius 3 is 2.36 bits per heavy atom. The van der Waals surface area contributed by atoms with Crippen LogP contribution in [-0.4, -0.2) is 38.1 Å². The van der Waals surface area contributed by atoms with Crippen LogP contribution >= 0.6 is 12.4 Å². The van der Waals surface area contributed by atoms with Gasteiger partial charge in [0, 0.05) is 25.7 Å². The Kier molecular flexibility index (Phi) is 6.45. The van der Waals surface area contributed by atoms with E-state index in [1.165, 1.54) is 0 Å². The molecule has 1 heterocycles. The highest BCUT2D eigenvalue weighted by atomic mass is 35.5. The maximum Gasteiger partial charge on any atom is 0.228 e. The van der Waals surface area contributed by atoms with Crippen molar-refractivity contribution in [1.82, 2.24) is 10.2 Å². The first kappa shape index (κ1) is 19.3. The Hall–Kier alpha value is -2.04. The molecule has 25 heavy (non-hydrogen) atoms. The van der Waals surface area contributed by atoms with E-state index in [4.69, 9.17) is 4.74 Å². The summed E-state index contributed by atoms with van der Waals surface area (Å²) in [6, 6.07) is 16.4. The van der Waals surface area contributed by atoms with Crippen LogP contribution in [0.25, 0.3) is 11.1 Å². The highest BCUT2D eigenvalue weighted by Gasteiger charge is 2.29. The largest absolute Gasteiger partial charge is 0.496 e. The smallest absolute Gasteiger partial charge is 0.228 e. The number of rotatable bonds is 5. The molecule has 1 fully saturated rings. The Bertz CT molecular complexity index is 714. The number of nitrogens with zero attached hydrogens (tertiary/aromatic N) is 1. The standard InChI is InChI=1S/C20H24N2O2.ClH/c1-14(22(2)20(23)17-12-21-13-17)15-8-10-16(11-9-15)18-6-4-5-7-19(18)24-3;/h4-11,14,17,21H,12-13H2,1-3H3;1H. The fourth-order valence-electron chi connectivity index (χ4n) is 2.99. The van der Waals surface area contributed by atoms with Crippen molar-refractivity contribution in [2.45, 2.75) is 13.0 Å². The number of nitrogens with one attached hydrogen (secondary N) is 1. The molecule has 2 aromatic rings. The molecule has 1 amide bonds. The second-order valence-electron chi connectivity index (χ2n) is 6.30. The van der Waals surface area contributed by atoms with Crippen molar-refractivity contribution in [2.75, 3.05) is 27.2 Å². The van der Waals surface area contributed by atoms with Crippen LogP contribution in [0.15, 0.2) is 48.5 Å². The lowest BCUT2D eigenvalue weighted by Crippen LogP contribution is -2.51. The van der Waals surface area contributed by atoms with Crippen LogP contribution in [0.2, 0.25) is 0 Å². The molecule has 5 heteroatoms. The summed E-state index contributed by atoms with van der Waals surface area (Å²) in [6.45, 7) is 3.66. The molecule has 1 atom stereocenters. The molecule has 1 saturated heterocycles. The Balaban J connectivity index is 0.00000225. The van der Waals surface area contributed by atoms with Gasteiger partial charge in [-0.3, -0.25) is 4.79 Å². The molecule has 1 N–H and O–H groups in total. The molecular weight excluding hydrogens is 336 g/mol. The monoisotopic (exact) mass is 360 g/mol. The van der Waals surface area contributed by atoms with Gasteiger partial charge < -0.3 is 15.0 Å². The van der Waals surface area contributed by atoms with Crippen molar-refractivity contribution in [2.24, 2.45) is 5.92 Å². The van der Waals surface area contributed by atoms with E-state index in [0.29, 0.717) is 0 Å². The first-order valence-electron chi connectivity index (χ1n) is 8.32. The fourth-order valence-corrected chi connectivity index (χ4v) is 2.99. The topological polar surface area (TPSA) is 41.6 Å². The van der Waals surface area contributed by atoms with E-state index in [1.807, 2.05) is 30.1 Å². The molecule has 0 bridgehead atoms.